The molecule has 3 nitrogen and oxygen atoms in total. The highest BCUT2D eigenvalue weighted by molar-refractivity contribution is 5.83. The van der Waals surface area contributed by atoms with Gasteiger partial charge in [0.15, 0.2) is 0 Å². The number of carbonyl (C=O) groups is 1. The minimum atomic E-state index is -0.0607. The molecule has 19 heavy (non-hydrogen) atoms. The summed E-state index contributed by atoms with van der Waals surface area (Å²) < 4.78 is 0. The van der Waals surface area contributed by atoms with Gasteiger partial charge in [-0.25, -0.2) is 0 Å². The standard InChI is InChI=1S/C16H30N2O/c1-4-6-16(7-9-17-10-8-16)15(19)18-11-5-13(2)12-14(18)3/h13-14,17H,4-12H2,1-3H3. The Balaban J connectivity index is 2.10. The molecular formula is C16H30N2O. The van der Waals surface area contributed by atoms with Gasteiger partial charge in [0, 0.05) is 12.6 Å². The van der Waals surface area contributed by atoms with Crippen molar-refractivity contribution in [3.05, 3.63) is 0 Å². The smallest absolute Gasteiger partial charge is 0.229 e. The predicted octanol–water partition coefficient (Wildman–Crippen LogP) is 2.80. The maximum Gasteiger partial charge on any atom is 0.229 e. The van der Waals surface area contributed by atoms with Crippen molar-refractivity contribution < 1.29 is 4.79 Å². The van der Waals surface area contributed by atoms with Crippen LogP contribution in [0.4, 0.5) is 0 Å². The fraction of sp³-hybridized carbons (Fsp3) is 0.938. The minimum Gasteiger partial charge on any atom is -0.339 e. The molecule has 0 saturated carbocycles. The lowest BCUT2D eigenvalue weighted by Gasteiger charge is -2.45. The predicted molar refractivity (Wildman–Crippen MR) is 79.0 cm³/mol. The molecule has 1 N–H and O–H groups in total. The van der Waals surface area contributed by atoms with E-state index in [2.05, 4.69) is 31.0 Å². The van der Waals surface area contributed by atoms with Crippen molar-refractivity contribution in [2.24, 2.45) is 11.3 Å². The quantitative estimate of drug-likeness (QED) is 0.852. The first-order valence-corrected chi connectivity index (χ1v) is 8.11. The Morgan fingerprint density at radius 3 is 2.58 bits per heavy atom. The summed E-state index contributed by atoms with van der Waals surface area (Å²) >= 11 is 0. The monoisotopic (exact) mass is 266 g/mol. The number of amides is 1. The van der Waals surface area contributed by atoms with Gasteiger partial charge >= 0.3 is 0 Å². The molecule has 0 aromatic rings. The van der Waals surface area contributed by atoms with Gasteiger partial charge in [-0.05, 0) is 58.0 Å². The Morgan fingerprint density at radius 1 is 1.32 bits per heavy atom. The van der Waals surface area contributed by atoms with Gasteiger partial charge in [0.2, 0.25) is 5.91 Å². The number of hydrogen-bond acceptors (Lipinski definition) is 2. The first-order chi connectivity index (χ1) is 9.09. The third-order valence-corrected chi connectivity index (χ3v) is 5.14. The van der Waals surface area contributed by atoms with Crippen LogP contribution in [0.5, 0.6) is 0 Å². The second-order valence-corrected chi connectivity index (χ2v) is 6.76. The van der Waals surface area contributed by atoms with Crippen molar-refractivity contribution in [2.45, 2.75) is 65.3 Å². The molecule has 0 radical (unpaired) electrons. The van der Waals surface area contributed by atoms with Crippen LogP contribution in [-0.2, 0) is 4.79 Å². The maximum absolute atomic E-state index is 13.1. The van der Waals surface area contributed by atoms with Crippen molar-refractivity contribution >= 4 is 5.91 Å². The van der Waals surface area contributed by atoms with Gasteiger partial charge < -0.3 is 10.2 Å². The number of nitrogens with one attached hydrogen (secondary N) is 1. The van der Waals surface area contributed by atoms with E-state index >= 15 is 0 Å². The molecule has 2 fully saturated rings. The van der Waals surface area contributed by atoms with E-state index in [1.807, 2.05) is 0 Å². The lowest BCUT2D eigenvalue weighted by Crippen LogP contribution is -2.54. The molecule has 110 valence electrons. The molecule has 2 atom stereocenters. The first kappa shape index (κ1) is 14.8. The van der Waals surface area contributed by atoms with Crippen LogP contribution in [0.2, 0.25) is 0 Å². The van der Waals surface area contributed by atoms with Crippen molar-refractivity contribution in [3.8, 4) is 0 Å². The van der Waals surface area contributed by atoms with Crippen LogP contribution < -0.4 is 5.32 Å². The van der Waals surface area contributed by atoms with Crippen LogP contribution in [0.15, 0.2) is 0 Å². The van der Waals surface area contributed by atoms with E-state index in [1.54, 1.807) is 0 Å². The SMILES string of the molecule is CCCC1(C(=O)N2CCC(C)CC2C)CCNCC1. The molecule has 2 heterocycles. The van der Waals surface area contributed by atoms with Gasteiger partial charge in [-0.2, -0.15) is 0 Å². The highest BCUT2D eigenvalue weighted by Gasteiger charge is 2.43. The average molecular weight is 266 g/mol. The average Bonchev–Trinajstić information content (AvgIpc) is 2.39. The largest absolute Gasteiger partial charge is 0.339 e. The number of piperidine rings is 2. The van der Waals surface area contributed by atoms with Gasteiger partial charge in [0.1, 0.15) is 0 Å². The fourth-order valence-electron chi connectivity index (χ4n) is 3.97. The molecule has 0 spiro atoms. The van der Waals surface area contributed by atoms with Crippen LogP contribution in [-0.4, -0.2) is 36.5 Å². The lowest BCUT2D eigenvalue weighted by molar-refractivity contribution is -0.148. The zero-order valence-corrected chi connectivity index (χ0v) is 12.9. The molecule has 2 aliphatic heterocycles. The molecule has 0 bridgehead atoms. The highest BCUT2D eigenvalue weighted by atomic mass is 16.2. The van der Waals surface area contributed by atoms with Crippen molar-refractivity contribution in [1.82, 2.24) is 10.2 Å². The van der Waals surface area contributed by atoms with Crippen LogP contribution in [0.1, 0.15) is 59.3 Å². The Kier molecular flexibility index (Phi) is 4.88. The van der Waals surface area contributed by atoms with Gasteiger partial charge in [-0.15, -0.1) is 0 Å². The second-order valence-electron chi connectivity index (χ2n) is 6.76. The zero-order chi connectivity index (χ0) is 13.9. The first-order valence-electron chi connectivity index (χ1n) is 8.11. The van der Waals surface area contributed by atoms with Crippen LogP contribution >= 0.6 is 0 Å². The van der Waals surface area contributed by atoms with E-state index in [0.29, 0.717) is 11.9 Å². The molecule has 2 saturated heterocycles. The van der Waals surface area contributed by atoms with Gasteiger partial charge in [-0.1, -0.05) is 20.3 Å². The Bertz CT molecular complexity index is 304. The summed E-state index contributed by atoms with van der Waals surface area (Å²) in [6.45, 7) is 9.73. The molecular weight excluding hydrogens is 236 g/mol. The Hall–Kier alpha value is -0.570. The summed E-state index contributed by atoms with van der Waals surface area (Å²) in [5.41, 5.74) is -0.0607. The van der Waals surface area contributed by atoms with E-state index in [1.165, 1.54) is 12.8 Å². The molecule has 0 aromatic carbocycles. The minimum absolute atomic E-state index is 0.0607. The molecule has 1 amide bonds. The van der Waals surface area contributed by atoms with E-state index in [-0.39, 0.29) is 5.41 Å². The number of carbonyl (C=O) groups excluding carboxylic acids is 1. The summed E-state index contributed by atoms with van der Waals surface area (Å²) in [7, 11) is 0. The fourth-order valence-corrected chi connectivity index (χ4v) is 3.97. The highest BCUT2D eigenvalue weighted by Crippen LogP contribution is 2.38. The van der Waals surface area contributed by atoms with Crippen molar-refractivity contribution in [1.29, 1.82) is 0 Å². The summed E-state index contributed by atoms with van der Waals surface area (Å²) in [6, 6.07) is 0.430. The van der Waals surface area contributed by atoms with E-state index in [4.69, 9.17) is 0 Å². The third-order valence-electron chi connectivity index (χ3n) is 5.14. The van der Waals surface area contributed by atoms with Gasteiger partial charge in [-0.3, -0.25) is 4.79 Å². The topological polar surface area (TPSA) is 32.3 Å². The summed E-state index contributed by atoms with van der Waals surface area (Å²) in [6.07, 6.45) is 6.58. The molecule has 2 unspecified atom stereocenters. The zero-order valence-electron chi connectivity index (χ0n) is 12.9. The Morgan fingerprint density at radius 2 is 2.00 bits per heavy atom. The molecule has 2 rings (SSSR count). The Labute approximate surface area is 118 Å². The van der Waals surface area contributed by atoms with Crippen molar-refractivity contribution in [2.75, 3.05) is 19.6 Å². The summed E-state index contributed by atoms with van der Waals surface area (Å²) in [5.74, 6) is 1.23. The van der Waals surface area contributed by atoms with E-state index in [0.717, 1.165) is 51.2 Å². The lowest BCUT2D eigenvalue weighted by atomic mass is 9.73. The van der Waals surface area contributed by atoms with Gasteiger partial charge in [0.25, 0.3) is 0 Å². The van der Waals surface area contributed by atoms with Crippen LogP contribution in [0.3, 0.4) is 0 Å². The van der Waals surface area contributed by atoms with E-state index in [9.17, 15) is 4.79 Å². The maximum atomic E-state index is 13.1. The normalized spacial score (nSPS) is 31.2. The van der Waals surface area contributed by atoms with Crippen LogP contribution in [0, 0.1) is 11.3 Å². The number of hydrogen-bond donors (Lipinski definition) is 1. The van der Waals surface area contributed by atoms with Crippen LogP contribution in [0.25, 0.3) is 0 Å². The van der Waals surface area contributed by atoms with E-state index < -0.39 is 0 Å². The number of likely N-dealkylation sites (tertiary alicyclic amines) is 1. The molecule has 0 aliphatic carbocycles. The molecule has 3 heteroatoms. The van der Waals surface area contributed by atoms with Gasteiger partial charge in [0.05, 0.1) is 5.41 Å². The second kappa shape index (κ2) is 6.25. The summed E-state index contributed by atoms with van der Waals surface area (Å²) in [5, 5.41) is 3.40. The van der Waals surface area contributed by atoms with Crippen molar-refractivity contribution in [3.63, 3.8) is 0 Å². The molecule has 2 aliphatic rings. The third kappa shape index (κ3) is 3.13. The number of nitrogens with zero attached hydrogens (tertiary/aromatic N) is 1. The molecule has 0 aromatic heterocycles. The number of rotatable bonds is 3. The summed E-state index contributed by atoms with van der Waals surface area (Å²) in [4.78, 5) is 15.3.